The van der Waals surface area contributed by atoms with E-state index in [2.05, 4.69) is 0 Å². The quantitative estimate of drug-likeness (QED) is 0.840. The van der Waals surface area contributed by atoms with E-state index in [0.29, 0.717) is 13.0 Å². The third kappa shape index (κ3) is 3.67. The Kier molecular flexibility index (Phi) is 4.37. The minimum atomic E-state index is -1.44. The van der Waals surface area contributed by atoms with Crippen molar-refractivity contribution in [2.45, 2.75) is 18.7 Å². The largest absolute Gasteiger partial charge is 0.445 e. The third-order valence-corrected chi connectivity index (χ3v) is 3.17. The van der Waals surface area contributed by atoms with Crippen LogP contribution in [-0.4, -0.2) is 43.5 Å². The minimum absolute atomic E-state index is 0.00939. The Morgan fingerprint density at radius 2 is 2.16 bits per heavy atom. The number of carbonyl (C=O) groups is 1. The van der Waals surface area contributed by atoms with Crippen molar-refractivity contribution in [1.82, 2.24) is 4.90 Å². The van der Waals surface area contributed by atoms with Crippen LogP contribution in [-0.2, 0) is 16.1 Å². The first-order valence-electron chi connectivity index (χ1n) is 6.26. The molecule has 0 saturated carbocycles. The molecule has 0 aliphatic carbocycles. The van der Waals surface area contributed by atoms with Crippen LogP contribution in [0, 0.1) is 0 Å². The maximum Gasteiger partial charge on any atom is 0.410 e. The smallest absolute Gasteiger partial charge is 0.410 e. The number of benzene rings is 1. The number of nitrogens with zero attached hydrogens (tertiary/aromatic N) is 1. The molecule has 1 aliphatic rings. The molecule has 4 nitrogen and oxygen atoms in total. The van der Waals surface area contributed by atoms with E-state index < -0.39 is 11.8 Å². The van der Waals surface area contributed by atoms with E-state index >= 15 is 0 Å². The minimum Gasteiger partial charge on any atom is -0.445 e. The molecule has 19 heavy (non-hydrogen) atoms. The summed E-state index contributed by atoms with van der Waals surface area (Å²) >= 11 is 0. The van der Waals surface area contributed by atoms with Gasteiger partial charge >= 0.3 is 6.09 Å². The number of hydrogen-bond donors (Lipinski definition) is 0. The van der Waals surface area contributed by atoms with Crippen LogP contribution < -0.4 is 0 Å². The molecule has 1 fully saturated rings. The van der Waals surface area contributed by atoms with Gasteiger partial charge in [0.25, 0.3) is 0 Å². The first kappa shape index (κ1) is 13.8. The number of ether oxygens (including phenoxy) is 2. The number of alkyl halides is 1. The fraction of sp³-hybridized carbons (Fsp3) is 0.500. The Hall–Kier alpha value is -1.62. The van der Waals surface area contributed by atoms with Crippen molar-refractivity contribution in [2.24, 2.45) is 0 Å². The fourth-order valence-corrected chi connectivity index (χ4v) is 2.18. The second-order valence-electron chi connectivity index (χ2n) is 4.80. The molecular weight excluding hydrogens is 249 g/mol. The predicted octanol–water partition coefficient (Wildman–Crippen LogP) is 2.38. The van der Waals surface area contributed by atoms with Crippen LogP contribution >= 0.6 is 0 Å². The number of methoxy groups -OCH3 is 1. The van der Waals surface area contributed by atoms with Crippen molar-refractivity contribution in [3.8, 4) is 0 Å². The average Bonchev–Trinajstić information content (AvgIpc) is 2.80. The number of hydrogen-bond acceptors (Lipinski definition) is 3. The van der Waals surface area contributed by atoms with Crippen LogP contribution in [0.25, 0.3) is 0 Å². The van der Waals surface area contributed by atoms with Crippen molar-refractivity contribution < 1.29 is 18.7 Å². The summed E-state index contributed by atoms with van der Waals surface area (Å²) in [6, 6.07) is 9.41. The van der Waals surface area contributed by atoms with Crippen LogP contribution in [0.3, 0.4) is 0 Å². The molecule has 0 unspecified atom stereocenters. The molecule has 0 aromatic heterocycles. The van der Waals surface area contributed by atoms with Crippen LogP contribution in [0.2, 0.25) is 0 Å². The summed E-state index contributed by atoms with van der Waals surface area (Å²) in [4.78, 5) is 13.2. The molecule has 1 atom stereocenters. The van der Waals surface area contributed by atoms with Gasteiger partial charge in [0.05, 0.1) is 13.2 Å². The van der Waals surface area contributed by atoms with Gasteiger partial charge in [0, 0.05) is 20.1 Å². The van der Waals surface area contributed by atoms with E-state index in [1.807, 2.05) is 30.3 Å². The number of halogens is 1. The molecular formula is C14H18FNO3. The summed E-state index contributed by atoms with van der Waals surface area (Å²) in [5.74, 6) is 0. The summed E-state index contributed by atoms with van der Waals surface area (Å²) in [5, 5.41) is 0. The normalized spacial score (nSPS) is 22.5. The summed E-state index contributed by atoms with van der Waals surface area (Å²) in [5.41, 5.74) is -0.529. The lowest BCUT2D eigenvalue weighted by atomic mass is 10.1. The molecule has 104 valence electrons. The van der Waals surface area contributed by atoms with E-state index in [-0.39, 0.29) is 19.8 Å². The zero-order valence-electron chi connectivity index (χ0n) is 11.0. The van der Waals surface area contributed by atoms with Crippen LogP contribution in [0.5, 0.6) is 0 Å². The van der Waals surface area contributed by atoms with Gasteiger partial charge in [-0.05, 0) is 5.56 Å². The molecule has 0 N–H and O–H groups in total. The SMILES string of the molecule is COC[C@@]1(F)CCN(C(=O)OCc2ccccc2)C1. The average molecular weight is 267 g/mol. The van der Waals surface area contributed by atoms with Gasteiger partial charge in [-0.15, -0.1) is 0 Å². The topological polar surface area (TPSA) is 38.8 Å². The van der Waals surface area contributed by atoms with Crippen molar-refractivity contribution in [3.63, 3.8) is 0 Å². The molecule has 0 spiro atoms. The monoisotopic (exact) mass is 267 g/mol. The second-order valence-corrected chi connectivity index (χ2v) is 4.80. The third-order valence-electron chi connectivity index (χ3n) is 3.17. The first-order chi connectivity index (χ1) is 9.13. The molecule has 1 aromatic carbocycles. The Bertz CT molecular complexity index is 426. The van der Waals surface area contributed by atoms with Gasteiger partial charge in [0.2, 0.25) is 0 Å². The van der Waals surface area contributed by atoms with E-state index in [9.17, 15) is 9.18 Å². The molecule has 0 bridgehead atoms. The number of likely N-dealkylation sites (tertiary alicyclic amines) is 1. The van der Waals surface area contributed by atoms with Gasteiger partial charge in [-0.1, -0.05) is 30.3 Å². The van der Waals surface area contributed by atoms with Crippen LogP contribution in [0.4, 0.5) is 9.18 Å². The van der Waals surface area contributed by atoms with Gasteiger partial charge < -0.3 is 14.4 Å². The molecule has 1 aliphatic heterocycles. The highest BCUT2D eigenvalue weighted by Gasteiger charge is 2.40. The van der Waals surface area contributed by atoms with E-state index in [1.54, 1.807) is 0 Å². The highest BCUT2D eigenvalue weighted by Crippen LogP contribution is 2.26. The summed E-state index contributed by atoms with van der Waals surface area (Å²) < 4.78 is 24.1. The van der Waals surface area contributed by atoms with Crippen molar-refractivity contribution >= 4 is 6.09 Å². The van der Waals surface area contributed by atoms with Gasteiger partial charge in [0.15, 0.2) is 5.67 Å². The molecule has 5 heteroatoms. The van der Waals surface area contributed by atoms with Crippen molar-refractivity contribution in [1.29, 1.82) is 0 Å². The Morgan fingerprint density at radius 1 is 1.42 bits per heavy atom. The van der Waals surface area contributed by atoms with Crippen LogP contribution in [0.1, 0.15) is 12.0 Å². The molecule has 1 saturated heterocycles. The Morgan fingerprint density at radius 3 is 2.84 bits per heavy atom. The predicted molar refractivity (Wildman–Crippen MR) is 68.5 cm³/mol. The molecule has 0 radical (unpaired) electrons. The fourth-order valence-electron chi connectivity index (χ4n) is 2.18. The van der Waals surface area contributed by atoms with Crippen molar-refractivity contribution in [3.05, 3.63) is 35.9 Å². The highest BCUT2D eigenvalue weighted by molar-refractivity contribution is 5.68. The number of carbonyl (C=O) groups excluding carboxylic acids is 1. The lowest BCUT2D eigenvalue weighted by Crippen LogP contribution is -2.36. The summed E-state index contributed by atoms with van der Waals surface area (Å²) in [7, 11) is 1.46. The Labute approximate surface area is 112 Å². The van der Waals surface area contributed by atoms with Crippen molar-refractivity contribution in [2.75, 3.05) is 26.8 Å². The lowest BCUT2D eigenvalue weighted by molar-refractivity contribution is 0.0434. The number of amides is 1. The molecule has 1 aromatic rings. The zero-order valence-corrected chi connectivity index (χ0v) is 11.0. The summed E-state index contributed by atoms with van der Waals surface area (Å²) in [6.07, 6.45) is -0.180. The Balaban J connectivity index is 1.82. The standard InChI is InChI=1S/C14H18FNO3/c1-18-11-14(15)7-8-16(10-14)13(17)19-9-12-5-3-2-4-6-12/h2-6H,7-11H2,1H3/t14-/m1/s1. The second kappa shape index (κ2) is 6.02. The van der Waals surface area contributed by atoms with Gasteiger partial charge in [-0.25, -0.2) is 9.18 Å². The maximum absolute atomic E-state index is 14.1. The molecule has 1 heterocycles. The van der Waals surface area contributed by atoms with E-state index in [1.165, 1.54) is 12.0 Å². The van der Waals surface area contributed by atoms with Gasteiger partial charge in [-0.2, -0.15) is 0 Å². The van der Waals surface area contributed by atoms with Gasteiger partial charge in [-0.3, -0.25) is 0 Å². The number of rotatable bonds is 4. The van der Waals surface area contributed by atoms with Crippen LogP contribution in [0.15, 0.2) is 30.3 Å². The lowest BCUT2D eigenvalue weighted by Gasteiger charge is -2.19. The van der Waals surface area contributed by atoms with E-state index in [4.69, 9.17) is 9.47 Å². The first-order valence-corrected chi connectivity index (χ1v) is 6.26. The highest BCUT2D eigenvalue weighted by atomic mass is 19.1. The zero-order chi connectivity index (χ0) is 13.7. The maximum atomic E-state index is 14.1. The molecule has 2 rings (SSSR count). The molecule has 1 amide bonds. The summed E-state index contributed by atoms with van der Waals surface area (Å²) in [6.45, 7) is 0.622. The van der Waals surface area contributed by atoms with Gasteiger partial charge in [0.1, 0.15) is 6.61 Å². The van der Waals surface area contributed by atoms with E-state index in [0.717, 1.165) is 5.56 Å².